The van der Waals surface area contributed by atoms with Crippen LogP contribution in [0.4, 0.5) is 4.39 Å². The Hall–Kier alpha value is -0.780. The SMILES string of the molecule is Cc1cnc(CNCc2ccc(Br)cc2F)s1. The van der Waals surface area contributed by atoms with E-state index in [9.17, 15) is 4.39 Å². The summed E-state index contributed by atoms with van der Waals surface area (Å²) >= 11 is 4.89. The molecule has 1 aromatic carbocycles. The zero-order valence-electron chi connectivity index (χ0n) is 9.34. The molecule has 17 heavy (non-hydrogen) atoms. The number of hydrogen-bond donors (Lipinski definition) is 1. The minimum atomic E-state index is -0.192. The number of nitrogens with one attached hydrogen (secondary N) is 1. The molecule has 1 aromatic heterocycles. The van der Waals surface area contributed by atoms with Crippen LogP contribution in [0.15, 0.2) is 28.9 Å². The van der Waals surface area contributed by atoms with E-state index in [1.165, 1.54) is 10.9 Å². The van der Waals surface area contributed by atoms with Crippen LogP contribution >= 0.6 is 27.3 Å². The second kappa shape index (κ2) is 5.71. The average Bonchev–Trinajstić information content (AvgIpc) is 2.68. The van der Waals surface area contributed by atoms with Crippen molar-refractivity contribution in [3.63, 3.8) is 0 Å². The second-order valence-electron chi connectivity index (χ2n) is 3.70. The molecule has 0 radical (unpaired) electrons. The van der Waals surface area contributed by atoms with Crippen molar-refractivity contribution in [1.82, 2.24) is 10.3 Å². The summed E-state index contributed by atoms with van der Waals surface area (Å²) in [6.07, 6.45) is 1.85. The maximum absolute atomic E-state index is 13.5. The number of aryl methyl sites for hydroxylation is 1. The number of thiazole rings is 1. The van der Waals surface area contributed by atoms with Gasteiger partial charge in [0.2, 0.25) is 0 Å². The third-order valence-corrected chi connectivity index (χ3v) is 3.68. The first-order valence-electron chi connectivity index (χ1n) is 5.21. The summed E-state index contributed by atoms with van der Waals surface area (Å²) < 4.78 is 14.3. The topological polar surface area (TPSA) is 24.9 Å². The number of benzene rings is 1. The molecule has 0 fully saturated rings. The van der Waals surface area contributed by atoms with Crippen molar-refractivity contribution in [3.05, 3.63) is 50.1 Å². The molecule has 0 aliphatic heterocycles. The molecule has 1 N–H and O–H groups in total. The highest BCUT2D eigenvalue weighted by Crippen LogP contribution is 2.15. The Balaban J connectivity index is 1.90. The summed E-state index contributed by atoms with van der Waals surface area (Å²) in [7, 11) is 0. The van der Waals surface area contributed by atoms with Crippen LogP contribution < -0.4 is 5.32 Å². The number of rotatable bonds is 4. The van der Waals surface area contributed by atoms with Gasteiger partial charge in [0.15, 0.2) is 0 Å². The van der Waals surface area contributed by atoms with Crippen LogP contribution in [0, 0.1) is 12.7 Å². The molecule has 0 bridgehead atoms. The lowest BCUT2D eigenvalue weighted by atomic mass is 10.2. The number of nitrogens with zero attached hydrogens (tertiary/aromatic N) is 1. The van der Waals surface area contributed by atoms with Crippen LogP contribution in [-0.2, 0) is 13.1 Å². The van der Waals surface area contributed by atoms with Crippen LogP contribution in [0.5, 0.6) is 0 Å². The Labute approximate surface area is 112 Å². The minimum absolute atomic E-state index is 0.192. The fraction of sp³-hybridized carbons (Fsp3) is 0.250. The molecular weight excluding hydrogens is 303 g/mol. The molecule has 2 rings (SSSR count). The van der Waals surface area contributed by atoms with E-state index in [-0.39, 0.29) is 5.82 Å². The smallest absolute Gasteiger partial charge is 0.128 e. The predicted molar refractivity (Wildman–Crippen MR) is 71.5 cm³/mol. The number of halogens is 2. The Morgan fingerprint density at radius 3 is 2.88 bits per heavy atom. The fourth-order valence-electron chi connectivity index (χ4n) is 1.45. The van der Waals surface area contributed by atoms with E-state index >= 15 is 0 Å². The first-order chi connectivity index (χ1) is 8.15. The van der Waals surface area contributed by atoms with Gasteiger partial charge in [-0.05, 0) is 19.1 Å². The van der Waals surface area contributed by atoms with Gasteiger partial charge in [0.05, 0.1) is 0 Å². The Morgan fingerprint density at radius 1 is 1.41 bits per heavy atom. The maximum atomic E-state index is 13.5. The second-order valence-corrected chi connectivity index (χ2v) is 5.94. The van der Waals surface area contributed by atoms with Crippen LogP contribution in [-0.4, -0.2) is 4.98 Å². The van der Waals surface area contributed by atoms with Gasteiger partial charge in [-0.15, -0.1) is 11.3 Å². The quantitative estimate of drug-likeness (QED) is 0.932. The molecule has 2 nitrogen and oxygen atoms in total. The first kappa shape index (κ1) is 12.7. The third-order valence-electron chi connectivity index (χ3n) is 2.28. The van der Waals surface area contributed by atoms with E-state index in [0.29, 0.717) is 18.7 Å². The van der Waals surface area contributed by atoms with Crippen LogP contribution in [0.25, 0.3) is 0 Å². The molecule has 0 unspecified atom stereocenters. The van der Waals surface area contributed by atoms with Gasteiger partial charge in [0.1, 0.15) is 10.8 Å². The molecule has 0 spiro atoms. The van der Waals surface area contributed by atoms with Gasteiger partial charge in [-0.25, -0.2) is 9.37 Å². The van der Waals surface area contributed by atoms with Gasteiger partial charge >= 0.3 is 0 Å². The van der Waals surface area contributed by atoms with E-state index in [1.807, 2.05) is 19.2 Å². The van der Waals surface area contributed by atoms with E-state index < -0.39 is 0 Å². The van der Waals surface area contributed by atoms with Crippen molar-refractivity contribution < 1.29 is 4.39 Å². The lowest BCUT2D eigenvalue weighted by molar-refractivity contribution is 0.587. The maximum Gasteiger partial charge on any atom is 0.128 e. The summed E-state index contributed by atoms with van der Waals surface area (Å²) in [5.41, 5.74) is 0.668. The van der Waals surface area contributed by atoms with Crippen molar-refractivity contribution in [1.29, 1.82) is 0 Å². The predicted octanol–water partition coefficient (Wildman–Crippen LogP) is 3.64. The van der Waals surface area contributed by atoms with E-state index in [4.69, 9.17) is 0 Å². The van der Waals surface area contributed by atoms with Crippen molar-refractivity contribution in [2.75, 3.05) is 0 Å². The van der Waals surface area contributed by atoms with Crippen LogP contribution in [0.3, 0.4) is 0 Å². The first-order valence-corrected chi connectivity index (χ1v) is 6.82. The highest BCUT2D eigenvalue weighted by atomic mass is 79.9. The molecule has 5 heteroatoms. The van der Waals surface area contributed by atoms with Gasteiger partial charge < -0.3 is 5.32 Å². The molecule has 0 aliphatic carbocycles. The van der Waals surface area contributed by atoms with Crippen molar-refractivity contribution in [3.8, 4) is 0 Å². The molecule has 2 aromatic rings. The van der Waals surface area contributed by atoms with Gasteiger partial charge in [-0.1, -0.05) is 22.0 Å². The number of hydrogen-bond acceptors (Lipinski definition) is 3. The van der Waals surface area contributed by atoms with E-state index in [2.05, 4.69) is 26.2 Å². The lowest BCUT2D eigenvalue weighted by Crippen LogP contribution is -2.13. The van der Waals surface area contributed by atoms with Crippen molar-refractivity contribution >= 4 is 27.3 Å². The Kier molecular flexibility index (Phi) is 4.25. The van der Waals surface area contributed by atoms with E-state index in [1.54, 1.807) is 17.4 Å². The number of aromatic nitrogens is 1. The van der Waals surface area contributed by atoms with Gasteiger partial charge in [0.25, 0.3) is 0 Å². The Morgan fingerprint density at radius 2 is 2.24 bits per heavy atom. The molecule has 0 atom stereocenters. The van der Waals surface area contributed by atoms with Crippen molar-refractivity contribution in [2.45, 2.75) is 20.0 Å². The molecule has 0 aliphatic rings. The van der Waals surface area contributed by atoms with Crippen molar-refractivity contribution in [2.24, 2.45) is 0 Å². The molecule has 0 saturated carbocycles. The summed E-state index contributed by atoms with van der Waals surface area (Å²) in [5, 5.41) is 4.21. The molecule has 90 valence electrons. The minimum Gasteiger partial charge on any atom is -0.306 e. The average molecular weight is 315 g/mol. The van der Waals surface area contributed by atoms with Gasteiger partial charge in [0, 0.05) is 34.2 Å². The zero-order valence-corrected chi connectivity index (χ0v) is 11.7. The summed E-state index contributed by atoms with van der Waals surface area (Å²) in [5.74, 6) is -0.192. The normalized spacial score (nSPS) is 10.8. The molecular formula is C12H12BrFN2S. The summed E-state index contributed by atoms with van der Waals surface area (Å²) in [4.78, 5) is 5.43. The fourth-order valence-corrected chi connectivity index (χ4v) is 2.54. The standard InChI is InChI=1S/C12H12BrFN2S/c1-8-5-16-12(17-8)7-15-6-9-2-3-10(13)4-11(9)14/h2-5,15H,6-7H2,1H3. The highest BCUT2D eigenvalue weighted by molar-refractivity contribution is 9.10. The van der Waals surface area contributed by atoms with E-state index in [0.717, 1.165) is 9.48 Å². The Bertz CT molecular complexity index is 513. The third kappa shape index (κ3) is 3.59. The molecule has 0 amide bonds. The summed E-state index contributed by atoms with van der Waals surface area (Å²) in [6.45, 7) is 3.21. The highest BCUT2D eigenvalue weighted by Gasteiger charge is 2.03. The van der Waals surface area contributed by atoms with Crippen LogP contribution in [0.2, 0.25) is 0 Å². The monoisotopic (exact) mass is 314 g/mol. The summed E-state index contributed by atoms with van der Waals surface area (Å²) in [6, 6.07) is 5.09. The zero-order chi connectivity index (χ0) is 12.3. The van der Waals surface area contributed by atoms with Gasteiger partial charge in [-0.2, -0.15) is 0 Å². The molecule has 1 heterocycles. The van der Waals surface area contributed by atoms with Crippen LogP contribution in [0.1, 0.15) is 15.4 Å². The molecule has 0 saturated heterocycles. The van der Waals surface area contributed by atoms with Gasteiger partial charge in [-0.3, -0.25) is 0 Å². The lowest BCUT2D eigenvalue weighted by Gasteiger charge is -2.04. The largest absolute Gasteiger partial charge is 0.306 e.